The van der Waals surface area contributed by atoms with Gasteiger partial charge in [-0.1, -0.05) is 25.8 Å². The zero-order chi connectivity index (χ0) is 9.52. The molecule has 0 spiro atoms. The Balaban J connectivity index is 2.44. The van der Waals surface area contributed by atoms with Crippen LogP contribution in [-0.2, 0) is 13.0 Å². The number of unbranched alkanes of at least 4 members (excludes halogenated alkanes) is 2. The second kappa shape index (κ2) is 5.57. The molecule has 0 bridgehead atoms. The molecule has 0 N–H and O–H groups in total. The van der Waals surface area contributed by atoms with Gasteiger partial charge in [-0.2, -0.15) is 0 Å². The van der Waals surface area contributed by atoms with Gasteiger partial charge in [-0.15, -0.1) is 6.58 Å². The summed E-state index contributed by atoms with van der Waals surface area (Å²) < 4.78 is 2.16. The van der Waals surface area contributed by atoms with Crippen LogP contribution in [-0.4, -0.2) is 9.55 Å². The molecule has 2 heteroatoms. The van der Waals surface area contributed by atoms with Crippen LogP contribution in [0.15, 0.2) is 25.0 Å². The Hall–Kier alpha value is -1.05. The Morgan fingerprint density at radius 3 is 3.08 bits per heavy atom. The van der Waals surface area contributed by atoms with E-state index in [1.165, 1.54) is 25.1 Å². The van der Waals surface area contributed by atoms with Gasteiger partial charge in [0.05, 0.1) is 0 Å². The number of nitrogens with zero attached hydrogens (tertiary/aromatic N) is 2. The number of rotatable bonds is 6. The van der Waals surface area contributed by atoms with E-state index in [0.29, 0.717) is 0 Å². The van der Waals surface area contributed by atoms with Gasteiger partial charge in [0.2, 0.25) is 0 Å². The normalized spacial score (nSPS) is 10.2. The summed E-state index contributed by atoms with van der Waals surface area (Å²) in [6.45, 7) is 6.82. The third-order valence-corrected chi connectivity index (χ3v) is 2.13. The number of aryl methyl sites for hydroxylation is 1. The van der Waals surface area contributed by atoms with E-state index in [9.17, 15) is 0 Å². The molecule has 1 aromatic rings. The first-order valence-electron chi connectivity index (χ1n) is 4.99. The zero-order valence-corrected chi connectivity index (χ0v) is 8.37. The van der Waals surface area contributed by atoms with Gasteiger partial charge in [-0.25, -0.2) is 4.98 Å². The highest BCUT2D eigenvalue weighted by Gasteiger charge is 1.99. The average molecular weight is 178 g/mol. The smallest absolute Gasteiger partial charge is 0.108 e. The zero-order valence-electron chi connectivity index (χ0n) is 8.37. The predicted molar refractivity (Wildman–Crippen MR) is 55.7 cm³/mol. The van der Waals surface area contributed by atoms with E-state index in [0.717, 1.165) is 13.0 Å². The fourth-order valence-electron chi connectivity index (χ4n) is 1.41. The van der Waals surface area contributed by atoms with Crippen molar-refractivity contribution in [2.45, 2.75) is 39.2 Å². The molecule has 0 atom stereocenters. The summed E-state index contributed by atoms with van der Waals surface area (Å²) >= 11 is 0. The molecule has 2 nitrogen and oxygen atoms in total. The second-order valence-electron chi connectivity index (χ2n) is 3.24. The summed E-state index contributed by atoms with van der Waals surface area (Å²) in [6.07, 6.45) is 10.7. The molecule has 1 rings (SSSR count). The van der Waals surface area contributed by atoms with Crippen molar-refractivity contribution in [3.63, 3.8) is 0 Å². The topological polar surface area (TPSA) is 17.8 Å². The summed E-state index contributed by atoms with van der Waals surface area (Å²) in [5.74, 6) is 1.19. The molecule has 1 heterocycles. The summed E-state index contributed by atoms with van der Waals surface area (Å²) in [7, 11) is 0. The molecular weight excluding hydrogens is 160 g/mol. The van der Waals surface area contributed by atoms with E-state index in [-0.39, 0.29) is 0 Å². The van der Waals surface area contributed by atoms with Crippen molar-refractivity contribution in [2.75, 3.05) is 0 Å². The standard InChI is InChI=1S/C11H18N2/c1-3-5-6-7-11-12-8-10-13(11)9-4-2/h4,8,10H,2-3,5-7,9H2,1H3. The number of allylic oxidation sites excluding steroid dienone is 1. The highest BCUT2D eigenvalue weighted by atomic mass is 15.0. The predicted octanol–water partition coefficient (Wildman–Crippen LogP) is 2.80. The average Bonchev–Trinajstić information content (AvgIpc) is 2.54. The Kier molecular flexibility index (Phi) is 4.30. The molecule has 0 amide bonds. The first-order chi connectivity index (χ1) is 6.38. The molecule has 0 saturated carbocycles. The first kappa shape index (κ1) is 10.0. The van der Waals surface area contributed by atoms with Crippen molar-refractivity contribution in [3.05, 3.63) is 30.9 Å². The molecule has 1 aromatic heterocycles. The van der Waals surface area contributed by atoms with Crippen LogP contribution in [0.2, 0.25) is 0 Å². The maximum absolute atomic E-state index is 4.32. The highest BCUT2D eigenvalue weighted by molar-refractivity contribution is 4.94. The SMILES string of the molecule is C=CCn1ccnc1CCCCC. The van der Waals surface area contributed by atoms with Crippen molar-refractivity contribution in [2.24, 2.45) is 0 Å². The molecule has 0 unspecified atom stereocenters. The van der Waals surface area contributed by atoms with Gasteiger partial charge in [0.1, 0.15) is 5.82 Å². The minimum absolute atomic E-state index is 0.876. The number of imidazole rings is 1. The van der Waals surface area contributed by atoms with Crippen LogP contribution in [0.5, 0.6) is 0 Å². The molecule has 0 aliphatic heterocycles. The quantitative estimate of drug-likeness (QED) is 0.484. The molecule has 13 heavy (non-hydrogen) atoms. The Morgan fingerprint density at radius 1 is 1.54 bits per heavy atom. The Labute approximate surface area is 80.3 Å². The van der Waals surface area contributed by atoms with Crippen molar-refractivity contribution in [1.29, 1.82) is 0 Å². The fraction of sp³-hybridized carbons (Fsp3) is 0.545. The van der Waals surface area contributed by atoms with Crippen molar-refractivity contribution < 1.29 is 0 Å². The second-order valence-corrected chi connectivity index (χ2v) is 3.24. The van der Waals surface area contributed by atoms with Crippen LogP contribution in [0.25, 0.3) is 0 Å². The van der Waals surface area contributed by atoms with Crippen molar-refractivity contribution in [1.82, 2.24) is 9.55 Å². The van der Waals surface area contributed by atoms with Crippen molar-refractivity contribution >= 4 is 0 Å². The van der Waals surface area contributed by atoms with Crippen LogP contribution in [0, 0.1) is 0 Å². The molecule has 72 valence electrons. The van der Waals surface area contributed by atoms with Gasteiger partial charge in [-0.3, -0.25) is 0 Å². The molecular formula is C11H18N2. The van der Waals surface area contributed by atoms with Gasteiger partial charge >= 0.3 is 0 Å². The molecule has 0 saturated heterocycles. The maximum Gasteiger partial charge on any atom is 0.108 e. The van der Waals surface area contributed by atoms with Gasteiger partial charge in [0.15, 0.2) is 0 Å². The lowest BCUT2D eigenvalue weighted by Gasteiger charge is -2.03. The highest BCUT2D eigenvalue weighted by Crippen LogP contribution is 2.04. The molecule has 0 radical (unpaired) electrons. The Morgan fingerprint density at radius 2 is 2.38 bits per heavy atom. The van der Waals surface area contributed by atoms with E-state index in [1.807, 2.05) is 18.5 Å². The van der Waals surface area contributed by atoms with E-state index in [2.05, 4.69) is 23.1 Å². The molecule has 0 aromatic carbocycles. The number of aromatic nitrogens is 2. The largest absolute Gasteiger partial charge is 0.331 e. The van der Waals surface area contributed by atoms with Gasteiger partial charge < -0.3 is 4.57 Å². The first-order valence-corrected chi connectivity index (χ1v) is 4.99. The number of hydrogen-bond acceptors (Lipinski definition) is 1. The minimum atomic E-state index is 0.876. The fourth-order valence-corrected chi connectivity index (χ4v) is 1.41. The third kappa shape index (κ3) is 3.05. The van der Waals surface area contributed by atoms with Gasteiger partial charge in [-0.05, 0) is 6.42 Å². The van der Waals surface area contributed by atoms with Crippen LogP contribution in [0.3, 0.4) is 0 Å². The lowest BCUT2D eigenvalue weighted by Crippen LogP contribution is -2.01. The number of hydrogen-bond donors (Lipinski definition) is 0. The van der Waals surface area contributed by atoms with Crippen LogP contribution in [0.1, 0.15) is 32.0 Å². The lowest BCUT2D eigenvalue weighted by molar-refractivity contribution is 0.656. The maximum atomic E-state index is 4.32. The van der Waals surface area contributed by atoms with Gasteiger partial charge in [0, 0.05) is 25.4 Å². The van der Waals surface area contributed by atoms with E-state index in [4.69, 9.17) is 0 Å². The summed E-state index contributed by atoms with van der Waals surface area (Å²) in [4.78, 5) is 4.32. The monoisotopic (exact) mass is 178 g/mol. The van der Waals surface area contributed by atoms with Crippen LogP contribution >= 0.6 is 0 Å². The summed E-state index contributed by atoms with van der Waals surface area (Å²) in [5, 5.41) is 0. The van der Waals surface area contributed by atoms with Crippen molar-refractivity contribution in [3.8, 4) is 0 Å². The summed E-state index contributed by atoms with van der Waals surface area (Å²) in [6, 6.07) is 0. The van der Waals surface area contributed by atoms with E-state index >= 15 is 0 Å². The molecule has 0 fully saturated rings. The summed E-state index contributed by atoms with van der Waals surface area (Å²) in [5.41, 5.74) is 0. The lowest BCUT2D eigenvalue weighted by atomic mass is 10.2. The molecule has 0 aliphatic carbocycles. The minimum Gasteiger partial charge on any atom is -0.331 e. The van der Waals surface area contributed by atoms with Crippen LogP contribution in [0.4, 0.5) is 0 Å². The molecule has 0 aliphatic rings. The van der Waals surface area contributed by atoms with E-state index in [1.54, 1.807) is 0 Å². The van der Waals surface area contributed by atoms with Crippen LogP contribution < -0.4 is 0 Å². The Bertz CT molecular complexity index is 250. The van der Waals surface area contributed by atoms with E-state index < -0.39 is 0 Å². The van der Waals surface area contributed by atoms with Gasteiger partial charge in [0.25, 0.3) is 0 Å². The third-order valence-electron chi connectivity index (χ3n) is 2.13.